The first-order chi connectivity index (χ1) is 12.5. The fourth-order valence-electron chi connectivity index (χ4n) is 2.09. The number of hydrogen-bond acceptors (Lipinski definition) is 5. The summed E-state index contributed by atoms with van der Waals surface area (Å²) in [5, 5.41) is 7.82. The van der Waals surface area contributed by atoms with Crippen molar-refractivity contribution in [3.8, 4) is 0 Å². The number of halogens is 1. The van der Waals surface area contributed by atoms with Crippen molar-refractivity contribution in [3.05, 3.63) is 57.2 Å². The Morgan fingerprint density at radius 1 is 1.19 bits per heavy atom. The van der Waals surface area contributed by atoms with Crippen LogP contribution in [-0.2, 0) is 14.3 Å². The summed E-state index contributed by atoms with van der Waals surface area (Å²) in [7, 11) is 0. The molecule has 0 unspecified atom stereocenters. The zero-order valence-electron chi connectivity index (χ0n) is 14.2. The molecule has 0 saturated heterocycles. The summed E-state index contributed by atoms with van der Waals surface area (Å²) in [6.07, 6.45) is -0.0207. The third-order valence-corrected chi connectivity index (χ3v) is 4.74. The van der Waals surface area contributed by atoms with E-state index in [4.69, 9.17) is 16.3 Å². The largest absolute Gasteiger partial charge is 0.456 e. The van der Waals surface area contributed by atoms with Gasteiger partial charge in [0.15, 0.2) is 6.61 Å². The Hall–Kier alpha value is -2.38. The highest BCUT2D eigenvalue weighted by atomic mass is 35.5. The zero-order chi connectivity index (χ0) is 18.9. The summed E-state index contributed by atoms with van der Waals surface area (Å²) in [6, 6.07) is 10.1. The number of nitrogens with one attached hydrogen (secondary N) is 2. The van der Waals surface area contributed by atoms with Crippen molar-refractivity contribution in [3.63, 3.8) is 0 Å². The Morgan fingerprint density at radius 2 is 1.92 bits per heavy atom. The highest BCUT2D eigenvalue weighted by Gasteiger charge is 2.13. The zero-order valence-corrected chi connectivity index (χ0v) is 15.7. The Morgan fingerprint density at radius 3 is 2.58 bits per heavy atom. The van der Waals surface area contributed by atoms with Crippen LogP contribution < -0.4 is 10.6 Å². The Bertz CT molecular complexity index is 747. The number of esters is 1. The monoisotopic (exact) mass is 394 g/mol. The molecule has 26 heavy (non-hydrogen) atoms. The van der Waals surface area contributed by atoms with Gasteiger partial charge < -0.3 is 15.4 Å². The molecule has 6 nitrogen and oxygen atoms in total. The van der Waals surface area contributed by atoms with E-state index in [-0.39, 0.29) is 37.4 Å². The fraction of sp³-hybridized carbons (Fsp3) is 0.278. The summed E-state index contributed by atoms with van der Waals surface area (Å²) in [5.41, 5.74) is 0.449. The molecule has 0 saturated carbocycles. The molecule has 0 bridgehead atoms. The minimum atomic E-state index is -0.555. The summed E-state index contributed by atoms with van der Waals surface area (Å²) < 4.78 is 4.91. The lowest BCUT2D eigenvalue weighted by molar-refractivity contribution is -0.148. The number of hydrogen-bond donors (Lipinski definition) is 2. The van der Waals surface area contributed by atoms with Crippen molar-refractivity contribution in [2.45, 2.75) is 19.4 Å². The molecule has 0 aliphatic rings. The molecule has 1 heterocycles. The molecule has 0 aliphatic heterocycles. The topological polar surface area (TPSA) is 84.5 Å². The summed E-state index contributed by atoms with van der Waals surface area (Å²) >= 11 is 7.30. The number of ether oxygens (including phenoxy) is 1. The SMILES string of the molecule is C[C@H](NC(=O)COC(=O)CCNC(=O)c1ccc(Cl)cc1)c1cccs1. The van der Waals surface area contributed by atoms with Gasteiger partial charge in [-0.3, -0.25) is 14.4 Å². The molecule has 0 fully saturated rings. The second-order valence-electron chi connectivity index (χ2n) is 5.48. The molecule has 1 aromatic carbocycles. The number of rotatable bonds is 8. The smallest absolute Gasteiger partial charge is 0.308 e. The van der Waals surface area contributed by atoms with E-state index < -0.39 is 5.97 Å². The Kier molecular flexibility index (Phi) is 7.62. The molecule has 0 spiro atoms. The normalized spacial score (nSPS) is 11.5. The molecule has 0 radical (unpaired) electrons. The number of benzene rings is 1. The molecule has 2 N–H and O–H groups in total. The summed E-state index contributed by atoms with van der Waals surface area (Å²) in [5.74, 6) is -1.23. The summed E-state index contributed by atoms with van der Waals surface area (Å²) in [6.45, 7) is 1.63. The van der Waals surface area contributed by atoms with Crippen molar-refractivity contribution in [2.24, 2.45) is 0 Å². The van der Waals surface area contributed by atoms with E-state index >= 15 is 0 Å². The van der Waals surface area contributed by atoms with E-state index in [2.05, 4.69) is 10.6 Å². The number of carbonyl (C=O) groups is 3. The van der Waals surface area contributed by atoms with Gasteiger partial charge in [-0.15, -0.1) is 11.3 Å². The molecule has 2 aromatic rings. The first-order valence-electron chi connectivity index (χ1n) is 7.98. The van der Waals surface area contributed by atoms with Crippen LogP contribution in [0, 0.1) is 0 Å². The van der Waals surface area contributed by atoms with E-state index in [1.165, 1.54) is 0 Å². The van der Waals surface area contributed by atoms with Gasteiger partial charge in [-0.05, 0) is 42.6 Å². The number of thiophene rings is 1. The highest BCUT2D eigenvalue weighted by Crippen LogP contribution is 2.17. The quantitative estimate of drug-likeness (QED) is 0.674. The average Bonchev–Trinajstić information content (AvgIpc) is 3.15. The van der Waals surface area contributed by atoms with Crippen molar-refractivity contribution >= 4 is 40.7 Å². The second kappa shape index (κ2) is 9.94. The van der Waals surface area contributed by atoms with Gasteiger partial charge in [0.05, 0.1) is 12.5 Å². The van der Waals surface area contributed by atoms with Gasteiger partial charge in [0.25, 0.3) is 11.8 Å². The van der Waals surface area contributed by atoms with Gasteiger partial charge in [-0.1, -0.05) is 17.7 Å². The van der Waals surface area contributed by atoms with Crippen LogP contribution in [0.5, 0.6) is 0 Å². The molecule has 2 rings (SSSR count). The highest BCUT2D eigenvalue weighted by molar-refractivity contribution is 7.10. The van der Waals surface area contributed by atoms with Crippen LogP contribution in [0.2, 0.25) is 5.02 Å². The van der Waals surface area contributed by atoms with E-state index in [1.807, 2.05) is 24.4 Å². The maximum Gasteiger partial charge on any atom is 0.308 e. The van der Waals surface area contributed by atoms with Gasteiger partial charge >= 0.3 is 5.97 Å². The minimum absolute atomic E-state index is 0.0207. The van der Waals surface area contributed by atoms with Crippen LogP contribution in [0.1, 0.15) is 34.6 Å². The van der Waals surface area contributed by atoms with Crippen molar-refractivity contribution in [1.82, 2.24) is 10.6 Å². The first-order valence-corrected chi connectivity index (χ1v) is 9.23. The van der Waals surface area contributed by atoms with E-state index in [9.17, 15) is 14.4 Å². The molecule has 1 atom stereocenters. The predicted octanol–water partition coefficient (Wildman–Crippen LogP) is 2.94. The van der Waals surface area contributed by atoms with Gasteiger partial charge in [-0.25, -0.2) is 0 Å². The minimum Gasteiger partial charge on any atom is -0.456 e. The molecule has 2 amide bonds. The van der Waals surface area contributed by atoms with Crippen LogP contribution in [0.25, 0.3) is 0 Å². The standard InChI is InChI=1S/C18H19ClN2O4S/c1-12(15-3-2-10-26-15)21-16(22)11-25-17(23)8-9-20-18(24)13-4-6-14(19)7-5-13/h2-7,10,12H,8-9,11H2,1H3,(H,20,24)(H,21,22)/t12-/m0/s1. The van der Waals surface area contributed by atoms with E-state index in [1.54, 1.807) is 35.6 Å². The molecular weight excluding hydrogens is 376 g/mol. The lowest BCUT2D eigenvalue weighted by Crippen LogP contribution is -2.31. The molecular formula is C18H19ClN2O4S. The number of amides is 2. The van der Waals surface area contributed by atoms with Crippen LogP contribution >= 0.6 is 22.9 Å². The van der Waals surface area contributed by atoms with Crippen molar-refractivity contribution in [1.29, 1.82) is 0 Å². The third-order valence-electron chi connectivity index (χ3n) is 3.43. The molecule has 1 aromatic heterocycles. The Balaban J connectivity index is 1.63. The maximum absolute atomic E-state index is 11.9. The van der Waals surface area contributed by atoms with Crippen LogP contribution in [0.4, 0.5) is 0 Å². The van der Waals surface area contributed by atoms with Crippen LogP contribution in [0.15, 0.2) is 41.8 Å². The number of carbonyl (C=O) groups excluding carboxylic acids is 3. The third kappa shape index (κ3) is 6.50. The first kappa shape index (κ1) is 19.9. The van der Waals surface area contributed by atoms with Crippen molar-refractivity contribution < 1.29 is 19.1 Å². The predicted molar refractivity (Wildman–Crippen MR) is 100 cm³/mol. The van der Waals surface area contributed by atoms with Gasteiger partial charge in [-0.2, -0.15) is 0 Å². The molecule has 0 aliphatic carbocycles. The lowest BCUT2D eigenvalue weighted by atomic mass is 10.2. The fourth-order valence-corrected chi connectivity index (χ4v) is 2.95. The average molecular weight is 395 g/mol. The maximum atomic E-state index is 11.9. The van der Waals surface area contributed by atoms with Crippen molar-refractivity contribution in [2.75, 3.05) is 13.2 Å². The second-order valence-corrected chi connectivity index (χ2v) is 6.89. The van der Waals surface area contributed by atoms with E-state index in [0.717, 1.165) is 4.88 Å². The molecule has 8 heteroatoms. The van der Waals surface area contributed by atoms with E-state index in [0.29, 0.717) is 10.6 Å². The Labute approximate surface area is 160 Å². The molecule has 138 valence electrons. The lowest BCUT2D eigenvalue weighted by Gasteiger charge is -2.12. The van der Waals surface area contributed by atoms with Gasteiger partial charge in [0.2, 0.25) is 0 Å². The van der Waals surface area contributed by atoms with Crippen LogP contribution in [-0.4, -0.2) is 30.9 Å². The van der Waals surface area contributed by atoms with Gasteiger partial charge in [0, 0.05) is 22.0 Å². The van der Waals surface area contributed by atoms with Crippen LogP contribution in [0.3, 0.4) is 0 Å². The summed E-state index contributed by atoms with van der Waals surface area (Å²) in [4.78, 5) is 36.3. The van der Waals surface area contributed by atoms with Gasteiger partial charge in [0.1, 0.15) is 0 Å².